The molecule has 1 aromatic carbocycles. The third-order valence-corrected chi connectivity index (χ3v) is 5.79. The monoisotopic (exact) mass is 375 g/mol. The zero-order chi connectivity index (χ0) is 19.4. The molecule has 8 nitrogen and oxygen atoms in total. The van der Waals surface area contributed by atoms with Gasteiger partial charge in [0.2, 0.25) is 0 Å². The van der Waals surface area contributed by atoms with Crippen LogP contribution in [0.2, 0.25) is 0 Å². The predicted octanol–water partition coefficient (Wildman–Crippen LogP) is 4.61. The lowest BCUT2D eigenvalue weighted by Gasteiger charge is -2.41. The van der Waals surface area contributed by atoms with E-state index in [4.69, 9.17) is 0 Å². The number of nitro groups is 2. The molecule has 8 heteroatoms. The molecule has 2 aliphatic carbocycles. The highest BCUT2D eigenvalue weighted by atomic mass is 16.6. The summed E-state index contributed by atoms with van der Waals surface area (Å²) in [4.78, 5) is 36.4. The standard InChI is InChI=1S/C19H25N3O5/c23-19(17-12-11-16(21(24)25)13-18(17)22(26)27)20(14-7-3-1-4-8-14)15-9-5-2-6-10-15/h11-15H,1-10H2. The van der Waals surface area contributed by atoms with Gasteiger partial charge in [0.15, 0.2) is 0 Å². The van der Waals surface area contributed by atoms with Crippen LogP contribution in [0.15, 0.2) is 18.2 Å². The number of nitrogens with zero attached hydrogens (tertiary/aromatic N) is 3. The third kappa shape index (κ3) is 4.26. The second-order valence-corrected chi connectivity index (χ2v) is 7.51. The highest BCUT2D eigenvalue weighted by Crippen LogP contribution is 2.34. The molecule has 0 heterocycles. The minimum atomic E-state index is -0.694. The molecule has 146 valence electrons. The second kappa shape index (κ2) is 8.45. The van der Waals surface area contributed by atoms with E-state index in [2.05, 4.69) is 0 Å². The summed E-state index contributed by atoms with van der Waals surface area (Å²) in [5.74, 6) is -0.351. The lowest BCUT2D eigenvalue weighted by molar-refractivity contribution is -0.394. The Kier molecular flexibility index (Phi) is 6.03. The van der Waals surface area contributed by atoms with Gasteiger partial charge in [-0.2, -0.15) is 0 Å². The Morgan fingerprint density at radius 1 is 0.852 bits per heavy atom. The van der Waals surface area contributed by atoms with E-state index in [0.717, 1.165) is 70.3 Å². The van der Waals surface area contributed by atoms with Gasteiger partial charge in [-0.1, -0.05) is 38.5 Å². The van der Waals surface area contributed by atoms with Crippen LogP contribution in [0, 0.1) is 20.2 Å². The van der Waals surface area contributed by atoms with E-state index in [9.17, 15) is 25.0 Å². The molecule has 0 N–H and O–H groups in total. The van der Waals surface area contributed by atoms with Gasteiger partial charge in [-0.3, -0.25) is 25.0 Å². The van der Waals surface area contributed by atoms with Crippen LogP contribution in [-0.2, 0) is 0 Å². The number of benzene rings is 1. The fraction of sp³-hybridized carbons (Fsp3) is 0.632. The molecule has 1 amide bonds. The minimum Gasteiger partial charge on any atom is -0.332 e. The summed E-state index contributed by atoms with van der Waals surface area (Å²) in [5, 5.41) is 22.5. The fourth-order valence-corrected chi connectivity index (χ4v) is 4.45. The van der Waals surface area contributed by atoms with Crippen LogP contribution in [0.25, 0.3) is 0 Å². The molecule has 0 bridgehead atoms. The third-order valence-electron chi connectivity index (χ3n) is 5.79. The molecule has 0 spiro atoms. The second-order valence-electron chi connectivity index (χ2n) is 7.51. The Balaban J connectivity index is 1.97. The van der Waals surface area contributed by atoms with Crippen LogP contribution in [0.3, 0.4) is 0 Å². The predicted molar refractivity (Wildman–Crippen MR) is 99.7 cm³/mol. The summed E-state index contributed by atoms with van der Waals surface area (Å²) in [6, 6.07) is 3.53. The van der Waals surface area contributed by atoms with Crippen molar-refractivity contribution < 1.29 is 14.6 Å². The van der Waals surface area contributed by atoms with E-state index >= 15 is 0 Å². The molecule has 2 fully saturated rings. The SMILES string of the molecule is O=C(c1ccc([N+](=O)[O-])cc1[N+](=O)[O-])N(C1CCCCC1)C1CCCCC1. The van der Waals surface area contributed by atoms with Gasteiger partial charge in [0.05, 0.1) is 15.9 Å². The summed E-state index contributed by atoms with van der Waals surface area (Å²) in [7, 11) is 0. The quantitative estimate of drug-likeness (QED) is 0.552. The number of hydrogen-bond donors (Lipinski definition) is 0. The van der Waals surface area contributed by atoms with E-state index < -0.39 is 15.5 Å². The number of rotatable bonds is 5. The van der Waals surface area contributed by atoms with Crippen molar-refractivity contribution >= 4 is 17.3 Å². The number of carbonyl (C=O) groups excluding carboxylic acids is 1. The van der Waals surface area contributed by atoms with Crippen molar-refractivity contribution in [3.8, 4) is 0 Å². The Bertz CT molecular complexity index is 706. The van der Waals surface area contributed by atoms with E-state index in [0.29, 0.717) is 0 Å². The number of amides is 1. The zero-order valence-electron chi connectivity index (χ0n) is 15.3. The van der Waals surface area contributed by atoms with Gasteiger partial charge >= 0.3 is 0 Å². The summed E-state index contributed by atoms with van der Waals surface area (Å²) < 4.78 is 0. The van der Waals surface area contributed by atoms with Crippen LogP contribution >= 0.6 is 0 Å². The van der Waals surface area contributed by atoms with Crippen LogP contribution in [-0.4, -0.2) is 32.7 Å². The number of carbonyl (C=O) groups is 1. The van der Waals surface area contributed by atoms with Crippen molar-refractivity contribution in [1.29, 1.82) is 0 Å². The number of non-ortho nitro benzene ring substituents is 1. The van der Waals surface area contributed by atoms with Crippen molar-refractivity contribution in [3.63, 3.8) is 0 Å². The first-order valence-electron chi connectivity index (χ1n) is 9.74. The van der Waals surface area contributed by atoms with Crippen molar-refractivity contribution in [2.45, 2.75) is 76.3 Å². The zero-order valence-corrected chi connectivity index (χ0v) is 15.3. The maximum atomic E-state index is 13.4. The smallest absolute Gasteiger partial charge is 0.289 e. The minimum absolute atomic E-state index is 0.0400. The number of nitro benzene ring substituents is 2. The van der Waals surface area contributed by atoms with Gasteiger partial charge in [-0.25, -0.2) is 0 Å². The summed E-state index contributed by atoms with van der Waals surface area (Å²) in [6.07, 6.45) is 10.2. The Morgan fingerprint density at radius 2 is 1.37 bits per heavy atom. The Labute approximate surface area is 157 Å². The summed E-state index contributed by atoms with van der Waals surface area (Å²) in [6.45, 7) is 0. The Morgan fingerprint density at radius 3 is 1.81 bits per heavy atom. The van der Waals surface area contributed by atoms with Crippen molar-refractivity contribution in [1.82, 2.24) is 4.90 Å². The first kappa shape index (κ1) is 19.3. The topological polar surface area (TPSA) is 107 Å². The van der Waals surface area contributed by atoms with Gasteiger partial charge in [0.25, 0.3) is 17.3 Å². The Hall–Kier alpha value is -2.51. The summed E-state index contributed by atoms with van der Waals surface area (Å²) in [5.41, 5.74) is -0.896. The average molecular weight is 375 g/mol. The van der Waals surface area contributed by atoms with Gasteiger partial charge in [-0.15, -0.1) is 0 Å². The van der Waals surface area contributed by atoms with Gasteiger partial charge < -0.3 is 4.90 Å². The van der Waals surface area contributed by atoms with E-state index in [1.165, 1.54) is 12.1 Å². The van der Waals surface area contributed by atoms with Crippen molar-refractivity contribution in [2.24, 2.45) is 0 Å². The normalized spacial score (nSPS) is 18.8. The van der Waals surface area contributed by atoms with Crippen molar-refractivity contribution in [2.75, 3.05) is 0 Å². The maximum absolute atomic E-state index is 13.4. The molecule has 0 aromatic heterocycles. The molecule has 0 unspecified atom stereocenters. The fourth-order valence-electron chi connectivity index (χ4n) is 4.45. The average Bonchev–Trinajstić information content (AvgIpc) is 2.69. The number of hydrogen-bond acceptors (Lipinski definition) is 5. The van der Waals surface area contributed by atoms with Crippen molar-refractivity contribution in [3.05, 3.63) is 44.0 Å². The molecule has 0 radical (unpaired) electrons. The lowest BCUT2D eigenvalue weighted by atomic mass is 9.88. The van der Waals surface area contributed by atoms with Crippen LogP contribution in [0.1, 0.15) is 74.6 Å². The molecular formula is C19H25N3O5. The summed E-state index contributed by atoms with van der Waals surface area (Å²) >= 11 is 0. The molecule has 0 saturated heterocycles. The van der Waals surface area contributed by atoms with Crippen LogP contribution in [0.4, 0.5) is 11.4 Å². The van der Waals surface area contributed by atoms with E-state index in [-0.39, 0.29) is 29.2 Å². The first-order valence-corrected chi connectivity index (χ1v) is 9.74. The molecule has 0 atom stereocenters. The van der Waals surface area contributed by atoms with Gasteiger partial charge in [0, 0.05) is 18.2 Å². The largest absolute Gasteiger partial charge is 0.332 e. The van der Waals surface area contributed by atoms with Crippen LogP contribution in [0.5, 0.6) is 0 Å². The van der Waals surface area contributed by atoms with Crippen LogP contribution < -0.4 is 0 Å². The molecule has 3 rings (SSSR count). The van der Waals surface area contributed by atoms with E-state index in [1.54, 1.807) is 0 Å². The molecule has 27 heavy (non-hydrogen) atoms. The molecule has 2 saturated carbocycles. The maximum Gasteiger partial charge on any atom is 0.289 e. The molecule has 0 aliphatic heterocycles. The lowest BCUT2D eigenvalue weighted by Crippen LogP contribution is -2.48. The van der Waals surface area contributed by atoms with Gasteiger partial charge in [-0.05, 0) is 31.7 Å². The highest BCUT2D eigenvalue weighted by Gasteiger charge is 2.36. The van der Waals surface area contributed by atoms with E-state index in [1.807, 2.05) is 4.90 Å². The molecule has 2 aliphatic rings. The first-order chi connectivity index (χ1) is 13.0. The van der Waals surface area contributed by atoms with Gasteiger partial charge in [0.1, 0.15) is 5.56 Å². The molecule has 1 aromatic rings. The molecular weight excluding hydrogens is 350 g/mol. The highest BCUT2D eigenvalue weighted by molar-refractivity contribution is 5.99.